The summed E-state index contributed by atoms with van der Waals surface area (Å²) in [5.74, 6) is -5.04. The number of hydrogen-bond acceptors (Lipinski definition) is 3. The van der Waals surface area contributed by atoms with E-state index < -0.39 is 45.1 Å². The zero-order valence-corrected chi connectivity index (χ0v) is 13.9. The maximum absolute atomic E-state index is 13.1. The molecule has 25 heavy (non-hydrogen) atoms. The third kappa shape index (κ3) is 5.49. The smallest absolute Gasteiger partial charge is 0.233 e. The summed E-state index contributed by atoms with van der Waals surface area (Å²) in [7, 11) is -3.91. The fraction of sp³-hybridized carbons (Fsp3) is 0.188. The summed E-state index contributed by atoms with van der Waals surface area (Å²) in [6.07, 6.45) is 0. The van der Waals surface area contributed by atoms with Gasteiger partial charge in [-0.1, -0.05) is 13.0 Å². The highest BCUT2D eigenvalue weighted by molar-refractivity contribution is 7.92. The normalized spacial score (nSPS) is 12.5. The van der Waals surface area contributed by atoms with Crippen molar-refractivity contribution in [1.82, 2.24) is 0 Å². The number of anilines is 2. The number of benzene rings is 2. The first-order valence-corrected chi connectivity index (χ1v) is 8.83. The average Bonchev–Trinajstić information content (AvgIpc) is 2.50. The minimum absolute atomic E-state index is 0.00578. The van der Waals surface area contributed by atoms with Gasteiger partial charge in [-0.3, -0.25) is 9.52 Å². The molecular weight excluding hydrogens is 357 g/mol. The van der Waals surface area contributed by atoms with E-state index in [1.54, 1.807) is 0 Å². The van der Waals surface area contributed by atoms with Crippen LogP contribution in [0.4, 0.5) is 24.5 Å². The number of sulfonamides is 1. The highest BCUT2D eigenvalue weighted by Crippen LogP contribution is 2.16. The van der Waals surface area contributed by atoms with Gasteiger partial charge in [0.15, 0.2) is 11.6 Å². The second-order valence-electron chi connectivity index (χ2n) is 5.41. The van der Waals surface area contributed by atoms with Crippen LogP contribution < -0.4 is 10.0 Å². The lowest BCUT2D eigenvalue weighted by atomic mass is 10.2. The quantitative estimate of drug-likeness (QED) is 0.818. The molecule has 9 heteroatoms. The predicted molar refractivity (Wildman–Crippen MR) is 88.0 cm³/mol. The summed E-state index contributed by atoms with van der Waals surface area (Å²) in [6.45, 7) is 1.36. The van der Waals surface area contributed by atoms with E-state index in [-0.39, 0.29) is 11.4 Å². The number of hydrogen-bond donors (Lipinski definition) is 2. The van der Waals surface area contributed by atoms with Crippen LogP contribution in [0.3, 0.4) is 0 Å². The Balaban J connectivity index is 2.00. The lowest BCUT2D eigenvalue weighted by Crippen LogP contribution is -2.30. The van der Waals surface area contributed by atoms with Gasteiger partial charge >= 0.3 is 0 Å². The van der Waals surface area contributed by atoms with Gasteiger partial charge in [0.25, 0.3) is 0 Å². The van der Waals surface area contributed by atoms with Crippen molar-refractivity contribution in [3.8, 4) is 0 Å². The summed E-state index contributed by atoms with van der Waals surface area (Å²) in [5.41, 5.74) is 0.0412. The second-order valence-corrected chi connectivity index (χ2v) is 7.18. The van der Waals surface area contributed by atoms with E-state index in [1.807, 2.05) is 0 Å². The summed E-state index contributed by atoms with van der Waals surface area (Å²) in [5, 5.41) is 2.31. The van der Waals surface area contributed by atoms with E-state index in [0.29, 0.717) is 0 Å². The van der Waals surface area contributed by atoms with Gasteiger partial charge in [-0.15, -0.1) is 0 Å². The molecule has 0 aliphatic rings. The molecule has 0 aliphatic carbocycles. The number of carbonyl (C=O) groups is 1. The van der Waals surface area contributed by atoms with Crippen molar-refractivity contribution >= 4 is 27.3 Å². The van der Waals surface area contributed by atoms with Crippen LogP contribution in [0.25, 0.3) is 0 Å². The van der Waals surface area contributed by atoms with E-state index in [1.165, 1.54) is 19.1 Å². The molecule has 1 amide bonds. The van der Waals surface area contributed by atoms with E-state index in [4.69, 9.17) is 0 Å². The van der Waals surface area contributed by atoms with Crippen molar-refractivity contribution in [2.24, 2.45) is 5.92 Å². The van der Waals surface area contributed by atoms with Crippen LogP contribution >= 0.6 is 0 Å². The van der Waals surface area contributed by atoms with Crippen molar-refractivity contribution in [3.05, 3.63) is 59.9 Å². The molecule has 134 valence electrons. The monoisotopic (exact) mass is 372 g/mol. The van der Waals surface area contributed by atoms with E-state index in [2.05, 4.69) is 10.0 Å². The number of carbonyl (C=O) groups excluding carboxylic acids is 1. The van der Waals surface area contributed by atoms with Gasteiger partial charge in [0.2, 0.25) is 15.9 Å². The first-order valence-electron chi connectivity index (χ1n) is 7.18. The molecule has 0 fully saturated rings. The third-order valence-electron chi connectivity index (χ3n) is 3.20. The molecule has 2 aromatic carbocycles. The molecule has 5 nitrogen and oxygen atoms in total. The number of nitrogens with one attached hydrogen (secondary N) is 2. The van der Waals surface area contributed by atoms with Crippen LogP contribution in [0.2, 0.25) is 0 Å². The Morgan fingerprint density at radius 1 is 1.04 bits per heavy atom. The molecular formula is C16H15F3N2O3S. The largest absolute Gasteiger partial charge is 0.326 e. The van der Waals surface area contributed by atoms with Crippen molar-refractivity contribution in [1.29, 1.82) is 0 Å². The lowest BCUT2D eigenvalue weighted by molar-refractivity contribution is -0.118. The first kappa shape index (κ1) is 18.8. The van der Waals surface area contributed by atoms with Gasteiger partial charge in [-0.25, -0.2) is 21.6 Å². The van der Waals surface area contributed by atoms with Gasteiger partial charge in [-0.05, 0) is 30.3 Å². The van der Waals surface area contributed by atoms with Crippen LogP contribution in [0.1, 0.15) is 6.92 Å². The minimum Gasteiger partial charge on any atom is -0.326 e. The van der Waals surface area contributed by atoms with Crippen LogP contribution in [0, 0.1) is 23.4 Å². The Morgan fingerprint density at radius 3 is 2.40 bits per heavy atom. The summed E-state index contributed by atoms with van der Waals surface area (Å²) in [6, 6.07) is 7.66. The molecule has 1 unspecified atom stereocenters. The fourth-order valence-electron chi connectivity index (χ4n) is 2.02. The molecule has 0 aromatic heterocycles. The molecule has 0 saturated heterocycles. The molecule has 2 rings (SSSR count). The molecule has 0 radical (unpaired) electrons. The number of amides is 1. The van der Waals surface area contributed by atoms with Crippen LogP contribution in [-0.2, 0) is 14.8 Å². The summed E-state index contributed by atoms with van der Waals surface area (Å²) >= 11 is 0. The Bertz CT molecular complexity index is 888. The summed E-state index contributed by atoms with van der Waals surface area (Å²) < 4.78 is 65.3. The molecule has 0 bridgehead atoms. The van der Waals surface area contributed by atoms with E-state index in [9.17, 15) is 26.4 Å². The van der Waals surface area contributed by atoms with Gasteiger partial charge in [0.1, 0.15) is 5.82 Å². The Kier molecular flexibility index (Phi) is 5.68. The standard InChI is InChI=1S/C16H15F3N2O3S/c1-10(16(22)20-12-5-6-14(18)15(19)8-12)9-25(23,24)21-13-4-2-3-11(17)7-13/h2-8,10,21H,9H2,1H3,(H,20,22). The zero-order chi connectivity index (χ0) is 18.6. The maximum atomic E-state index is 13.1. The van der Waals surface area contributed by atoms with Crippen molar-refractivity contribution < 1.29 is 26.4 Å². The third-order valence-corrected chi connectivity index (χ3v) is 4.69. The zero-order valence-electron chi connectivity index (χ0n) is 13.1. The average molecular weight is 372 g/mol. The van der Waals surface area contributed by atoms with Gasteiger partial charge in [-0.2, -0.15) is 0 Å². The number of rotatable bonds is 6. The van der Waals surface area contributed by atoms with Crippen LogP contribution in [-0.4, -0.2) is 20.1 Å². The highest BCUT2D eigenvalue weighted by atomic mass is 32.2. The molecule has 2 N–H and O–H groups in total. The van der Waals surface area contributed by atoms with Gasteiger partial charge in [0.05, 0.1) is 17.4 Å². The Morgan fingerprint density at radius 2 is 1.76 bits per heavy atom. The lowest BCUT2D eigenvalue weighted by Gasteiger charge is -2.14. The van der Waals surface area contributed by atoms with Crippen LogP contribution in [0.5, 0.6) is 0 Å². The Hall–Kier alpha value is -2.55. The maximum Gasteiger partial charge on any atom is 0.233 e. The van der Waals surface area contributed by atoms with Crippen molar-refractivity contribution in [3.63, 3.8) is 0 Å². The van der Waals surface area contributed by atoms with E-state index >= 15 is 0 Å². The molecule has 0 spiro atoms. The van der Waals surface area contributed by atoms with Gasteiger partial charge in [0, 0.05) is 11.8 Å². The molecule has 0 heterocycles. The van der Waals surface area contributed by atoms with Gasteiger partial charge < -0.3 is 5.32 Å². The summed E-state index contributed by atoms with van der Waals surface area (Å²) in [4.78, 5) is 12.0. The topological polar surface area (TPSA) is 75.3 Å². The molecule has 2 aromatic rings. The Labute approximate surface area is 142 Å². The van der Waals surface area contributed by atoms with Crippen molar-refractivity contribution in [2.45, 2.75) is 6.92 Å². The van der Waals surface area contributed by atoms with Crippen molar-refractivity contribution in [2.75, 3.05) is 15.8 Å². The SMILES string of the molecule is CC(CS(=O)(=O)Nc1cccc(F)c1)C(=O)Nc1ccc(F)c(F)c1. The predicted octanol–water partition coefficient (Wildman–Crippen LogP) is 3.12. The number of halogens is 3. The molecule has 0 saturated carbocycles. The van der Waals surface area contributed by atoms with Crippen LogP contribution in [0.15, 0.2) is 42.5 Å². The van der Waals surface area contributed by atoms with E-state index in [0.717, 1.165) is 30.3 Å². The fourth-order valence-corrected chi connectivity index (χ4v) is 3.40. The molecule has 1 atom stereocenters. The second kappa shape index (κ2) is 7.56. The highest BCUT2D eigenvalue weighted by Gasteiger charge is 2.22. The molecule has 0 aliphatic heterocycles. The first-order chi connectivity index (χ1) is 11.7. The minimum atomic E-state index is -3.91.